The fraction of sp³-hybridized carbons (Fsp3) is 0.600. The molecule has 0 unspecified atom stereocenters. The molecule has 4 heteroatoms. The van der Waals surface area contributed by atoms with Crippen LogP contribution in [0.3, 0.4) is 0 Å². The number of hydrogen-bond acceptors (Lipinski definition) is 4. The second-order valence-electron chi connectivity index (χ2n) is 7.64. The first kappa shape index (κ1) is 14.9. The van der Waals surface area contributed by atoms with Crippen LogP contribution in [0.4, 0.5) is 5.69 Å². The minimum atomic E-state index is 0.262. The van der Waals surface area contributed by atoms with Crippen LogP contribution in [-0.2, 0) is 12.8 Å². The summed E-state index contributed by atoms with van der Waals surface area (Å²) in [6.45, 7) is 4.23. The maximum atomic E-state index is 13.1. The lowest BCUT2D eigenvalue weighted by atomic mass is 9.97. The van der Waals surface area contributed by atoms with Gasteiger partial charge in [0.05, 0.1) is 16.9 Å². The zero-order valence-corrected chi connectivity index (χ0v) is 15.2. The minimum Gasteiger partial charge on any atom is -0.370 e. The van der Waals surface area contributed by atoms with E-state index in [2.05, 4.69) is 4.90 Å². The molecule has 0 N–H and O–H groups in total. The molecule has 1 saturated carbocycles. The van der Waals surface area contributed by atoms with E-state index in [-0.39, 0.29) is 5.92 Å². The molecule has 3 nitrogen and oxygen atoms in total. The Bertz CT molecular complexity index is 828. The largest absolute Gasteiger partial charge is 0.370 e. The Morgan fingerprint density at radius 1 is 1.12 bits per heavy atom. The average Bonchev–Trinajstić information content (AvgIpc) is 3.25. The number of nitrogens with zero attached hydrogens (tertiary/aromatic N) is 2. The van der Waals surface area contributed by atoms with Crippen LogP contribution in [0.15, 0.2) is 0 Å². The van der Waals surface area contributed by atoms with Gasteiger partial charge in [-0.3, -0.25) is 4.79 Å². The van der Waals surface area contributed by atoms with Crippen molar-refractivity contribution in [2.45, 2.75) is 58.3 Å². The van der Waals surface area contributed by atoms with Crippen molar-refractivity contribution in [1.82, 2.24) is 4.98 Å². The number of thiophene rings is 1. The van der Waals surface area contributed by atoms with Crippen LogP contribution in [0.25, 0.3) is 10.2 Å². The molecule has 0 aromatic carbocycles. The average molecular weight is 340 g/mol. The van der Waals surface area contributed by atoms with Crippen LogP contribution in [-0.4, -0.2) is 23.9 Å². The third-order valence-electron chi connectivity index (χ3n) is 5.87. The first-order valence-corrected chi connectivity index (χ1v) is 10.3. The highest BCUT2D eigenvalue weighted by Gasteiger charge is 2.36. The van der Waals surface area contributed by atoms with Crippen LogP contribution < -0.4 is 4.90 Å². The topological polar surface area (TPSA) is 33.2 Å². The van der Waals surface area contributed by atoms with E-state index in [0.717, 1.165) is 43.6 Å². The Morgan fingerprint density at radius 3 is 2.67 bits per heavy atom. The summed E-state index contributed by atoms with van der Waals surface area (Å²) >= 11 is 1.87. The summed E-state index contributed by atoms with van der Waals surface area (Å²) in [5, 5.41) is 1.34. The quantitative estimate of drug-likeness (QED) is 0.761. The van der Waals surface area contributed by atoms with E-state index < -0.39 is 0 Å². The van der Waals surface area contributed by atoms with Crippen molar-refractivity contribution < 1.29 is 4.79 Å². The Kier molecular flexibility index (Phi) is 3.44. The van der Waals surface area contributed by atoms with Gasteiger partial charge in [0.2, 0.25) is 0 Å². The summed E-state index contributed by atoms with van der Waals surface area (Å²) in [5.74, 6) is 0.624. The van der Waals surface area contributed by atoms with Crippen molar-refractivity contribution in [1.29, 1.82) is 0 Å². The first-order valence-electron chi connectivity index (χ1n) is 9.48. The molecule has 0 spiro atoms. The van der Waals surface area contributed by atoms with Crippen molar-refractivity contribution in [3.63, 3.8) is 0 Å². The predicted octanol–water partition coefficient (Wildman–Crippen LogP) is 4.68. The van der Waals surface area contributed by atoms with Crippen LogP contribution in [0.5, 0.6) is 0 Å². The summed E-state index contributed by atoms with van der Waals surface area (Å²) in [6.07, 6.45) is 9.56. The number of ketones is 1. The molecule has 126 valence electrons. The van der Waals surface area contributed by atoms with E-state index in [1.54, 1.807) is 0 Å². The maximum absolute atomic E-state index is 13.1. The second kappa shape index (κ2) is 5.55. The highest BCUT2D eigenvalue weighted by atomic mass is 32.1. The van der Waals surface area contributed by atoms with Crippen LogP contribution >= 0.6 is 11.3 Å². The normalized spacial score (nSPS) is 20.6. The fourth-order valence-electron chi connectivity index (χ4n) is 4.50. The van der Waals surface area contributed by atoms with Gasteiger partial charge in [-0.15, -0.1) is 11.3 Å². The Hall–Kier alpha value is -1.42. The number of anilines is 1. The maximum Gasteiger partial charge on any atom is 0.169 e. The van der Waals surface area contributed by atoms with E-state index in [1.807, 2.05) is 18.3 Å². The highest BCUT2D eigenvalue weighted by molar-refractivity contribution is 7.19. The number of Topliss-reactive ketones (excluding diaryl/α,β-unsaturated/α-hetero) is 1. The summed E-state index contributed by atoms with van der Waals surface area (Å²) in [4.78, 5) is 23.2. The van der Waals surface area contributed by atoms with Gasteiger partial charge in [-0.05, 0) is 63.9 Å². The van der Waals surface area contributed by atoms with E-state index in [9.17, 15) is 4.79 Å². The number of pyridine rings is 1. The number of aromatic nitrogens is 1. The summed E-state index contributed by atoms with van der Waals surface area (Å²) < 4.78 is 0. The van der Waals surface area contributed by atoms with Crippen molar-refractivity contribution in [3.05, 3.63) is 21.7 Å². The standard InChI is InChI=1S/C20H24N2OS/c1-12-16(19(23)13-8-9-13)18(22-10-3-2-4-11-22)17-14-6-5-7-15(14)24-20(17)21-12/h13H,2-11H2,1H3. The van der Waals surface area contributed by atoms with Crippen molar-refractivity contribution in [2.75, 3.05) is 18.0 Å². The minimum absolute atomic E-state index is 0.262. The molecular formula is C20H24N2OS. The molecule has 5 rings (SSSR count). The molecule has 24 heavy (non-hydrogen) atoms. The van der Waals surface area contributed by atoms with Crippen LogP contribution in [0.2, 0.25) is 0 Å². The van der Waals surface area contributed by atoms with Gasteiger partial charge in [-0.25, -0.2) is 4.98 Å². The van der Waals surface area contributed by atoms with E-state index >= 15 is 0 Å². The van der Waals surface area contributed by atoms with Gasteiger partial charge >= 0.3 is 0 Å². The SMILES string of the molecule is Cc1nc2sc3c(c2c(N2CCCCC2)c1C(=O)C1CC1)CCC3. The van der Waals surface area contributed by atoms with Crippen molar-refractivity contribution in [2.24, 2.45) is 5.92 Å². The van der Waals surface area contributed by atoms with E-state index in [1.165, 1.54) is 58.4 Å². The number of aryl methyl sites for hydroxylation is 3. The summed E-state index contributed by atoms with van der Waals surface area (Å²) in [6, 6.07) is 0. The van der Waals surface area contributed by atoms with Gasteiger partial charge in [-0.2, -0.15) is 0 Å². The zero-order chi connectivity index (χ0) is 16.3. The number of carbonyl (C=O) groups excluding carboxylic acids is 1. The van der Waals surface area contributed by atoms with Gasteiger partial charge in [0.25, 0.3) is 0 Å². The smallest absolute Gasteiger partial charge is 0.169 e. The molecule has 0 amide bonds. The third kappa shape index (κ3) is 2.22. The van der Waals surface area contributed by atoms with Gasteiger partial charge in [0.1, 0.15) is 4.83 Å². The van der Waals surface area contributed by atoms with Crippen LogP contribution in [0.1, 0.15) is 65.0 Å². The molecule has 3 heterocycles. The third-order valence-corrected chi connectivity index (χ3v) is 7.06. The van der Waals surface area contributed by atoms with Gasteiger partial charge < -0.3 is 4.90 Å². The summed E-state index contributed by atoms with van der Waals surface area (Å²) in [7, 11) is 0. The molecular weight excluding hydrogens is 316 g/mol. The summed E-state index contributed by atoms with van der Waals surface area (Å²) in [5.41, 5.74) is 4.68. The van der Waals surface area contributed by atoms with Crippen LogP contribution in [0, 0.1) is 12.8 Å². The first-order chi connectivity index (χ1) is 11.7. The van der Waals surface area contributed by atoms with Gasteiger partial charge in [0, 0.05) is 29.3 Å². The molecule has 2 aliphatic carbocycles. The molecule has 2 fully saturated rings. The second-order valence-corrected chi connectivity index (χ2v) is 8.73. The molecule has 1 saturated heterocycles. The number of hydrogen-bond donors (Lipinski definition) is 0. The predicted molar refractivity (Wildman–Crippen MR) is 99.5 cm³/mol. The molecule has 0 radical (unpaired) electrons. The van der Waals surface area contributed by atoms with Crippen molar-refractivity contribution >= 4 is 33.0 Å². The number of fused-ring (bicyclic) bond motifs is 3. The van der Waals surface area contributed by atoms with Gasteiger partial charge in [-0.1, -0.05) is 0 Å². The molecule has 2 aromatic heterocycles. The number of rotatable bonds is 3. The fourth-order valence-corrected chi connectivity index (χ4v) is 5.81. The Morgan fingerprint density at radius 2 is 1.92 bits per heavy atom. The zero-order valence-electron chi connectivity index (χ0n) is 14.4. The highest BCUT2D eigenvalue weighted by Crippen LogP contribution is 2.46. The van der Waals surface area contributed by atoms with E-state index in [4.69, 9.17) is 4.98 Å². The molecule has 0 atom stereocenters. The lowest BCUT2D eigenvalue weighted by Gasteiger charge is -2.32. The number of carbonyl (C=O) groups is 1. The van der Waals surface area contributed by atoms with Crippen molar-refractivity contribution in [3.8, 4) is 0 Å². The van der Waals surface area contributed by atoms with E-state index in [0.29, 0.717) is 5.78 Å². The molecule has 1 aliphatic heterocycles. The Labute approximate surface area is 147 Å². The Balaban J connectivity index is 1.78. The lowest BCUT2D eigenvalue weighted by molar-refractivity contribution is 0.0967. The number of piperidine rings is 1. The molecule has 3 aliphatic rings. The molecule has 0 bridgehead atoms. The van der Waals surface area contributed by atoms with Gasteiger partial charge in [0.15, 0.2) is 5.78 Å². The molecule has 2 aromatic rings. The lowest BCUT2D eigenvalue weighted by Crippen LogP contribution is -2.31. The monoisotopic (exact) mass is 340 g/mol.